The molecule has 8 nitrogen and oxygen atoms in total. The first kappa shape index (κ1) is 29.5. The van der Waals surface area contributed by atoms with Crippen LogP contribution in [-0.4, -0.2) is 60.7 Å². The molecule has 2 atom stereocenters. The molecule has 1 N–H and O–H groups in total. The van der Waals surface area contributed by atoms with Crippen LogP contribution in [0.25, 0.3) is 22.7 Å². The van der Waals surface area contributed by atoms with Gasteiger partial charge < -0.3 is 14.8 Å². The molecule has 2 aliphatic rings. The van der Waals surface area contributed by atoms with Gasteiger partial charge in [0.1, 0.15) is 19.2 Å². The van der Waals surface area contributed by atoms with Crippen molar-refractivity contribution < 1.29 is 9.47 Å². The van der Waals surface area contributed by atoms with Gasteiger partial charge in [0, 0.05) is 47.7 Å². The van der Waals surface area contributed by atoms with E-state index in [9.17, 15) is 0 Å². The minimum Gasteiger partial charge on any atom is -0.387 e. The molecule has 0 bridgehead atoms. The zero-order chi connectivity index (χ0) is 28.9. The molecule has 2 aliphatic carbocycles. The minimum absolute atomic E-state index is 0.403. The molecule has 0 saturated heterocycles. The number of nitrogens with one attached hydrogen (secondary N) is 1. The summed E-state index contributed by atoms with van der Waals surface area (Å²) in [7, 11) is -0.382. The van der Waals surface area contributed by atoms with Gasteiger partial charge in [-0.15, -0.1) is 0 Å². The predicted octanol–water partition coefficient (Wildman–Crippen LogP) is 6.65. The maximum atomic E-state index is 6.32. The molecule has 220 valence electrons. The van der Waals surface area contributed by atoms with E-state index < -0.39 is 16.1 Å². The Morgan fingerprint density at radius 3 is 2.33 bits per heavy atom. The standard InChI is InChI=1S/C30H50N6O2Si2/c1-10-23-24(31-3)16-25-28(32-23)33-29(35(25)19-37-11-13-39(4,5)6)27-22-15-21-17-30(21,2)18-26(22)36(34-27)20-38-12-14-40(7,8)9/h16,21,31H,10-15,17-20H2,1-9H3/t21-,30-/m1/s1. The fourth-order valence-corrected chi connectivity index (χ4v) is 7.36. The molecule has 10 heteroatoms. The first-order chi connectivity index (χ1) is 18.8. The Labute approximate surface area is 242 Å². The van der Waals surface area contributed by atoms with Crippen LogP contribution in [0.4, 0.5) is 5.69 Å². The highest BCUT2D eigenvalue weighted by atomic mass is 28.3. The summed E-state index contributed by atoms with van der Waals surface area (Å²) in [5, 5.41) is 8.56. The number of hydrogen-bond donors (Lipinski definition) is 1. The number of hydrogen-bond acceptors (Lipinski definition) is 6. The molecule has 0 aromatic carbocycles. The average molecular weight is 583 g/mol. The van der Waals surface area contributed by atoms with Crippen LogP contribution in [0, 0.1) is 11.3 Å². The maximum absolute atomic E-state index is 6.32. The number of rotatable bonds is 13. The van der Waals surface area contributed by atoms with Crippen LogP contribution in [0.3, 0.4) is 0 Å². The molecule has 0 radical (unpaired) electrons. The van der Waals surface area contributed by atoms with Crippen molar-refractivity contribution in [3.05, 3.63) is 23.0 Å². The van der Waals surface area contributed by atoms with Crippen molar-refractivity contribution in [1.29, 1.82) is 0 Å². The third kappa shape index (κ3) is 6.24. The Bertz CT molecular complexity index is 1370. The quantitative estimate of drug-likeness (QED) is 0.180. The van der Waals surface area contributed by atoms with Crippen molar-refractivity contribution in [2.75, 3.05) is 25.6 Å². The number of ether oxygens (including phenoxy) is 2. The largest absolute Gasteiger partial charge is 0.387 e. The molecular weight excluding hydrogens is 533 g/mol. The second-order valence-electron chi connectivity index (χ2n) is 14.7. The number of nitrogens with zero attached hydrogens (tertiary/aromatic N) is 5. The lowest BCUT2D eigenvalue weighted by atomic mass is 9.87. The van der Waals surface area contributed by atoms with Gasteiger partial charge in [0.2, 0.25) is 0 Å². The van der Waals surface area contributed by atoms with E-state index >= 15 is 0 Å². The zero-order valence-electron chi connectivity index (χ0n) is 26.3. The number of aryl methyl sites for hydroxylation is 1. The van der Waals surface area contributed by atoms with Crippen molar-refractivity contribution in [2.45, 2.75) is 104 Å². The van der Waals surface area contributed by atoms with Gasteiger partial charge in [0.05, 0.1) is 16.9 Å². The van der Waals surface area contributed by atoms with Crippen LogP contribution in [-0.2, 0) is 42.2 Å². The molecule has 3 aromatic rings. The maximum Gasteiger partial charge on any atom is 0.178 e. The molecule has 0 spiro atoms. The molecule has 5 rings (SSSR count). The summed E-state index contributed by atoms with van der Waals surface area (Å²) in [4.78, 5) is 10.1. The van der Waals surface area contributed by atoms with Crippen molar-refractivity contribution in [3.63, 3.8) is 0 Å². The van der Waals surface area contributed by atoms with Gasteiger partial charge in [-0.2, -0.15) is 5.10 Å². The topological polar surface area (TPSA) is 79.0 Å². The van der Waals surface area contributed by atoms with Crippen LogP contribution in [0.5, 0.6) is 0 Å². The van der Waals surface area contributed by atoms with Crippen molar-refractivity contribution >= 4 is 33.0 Å². The second kappa shape index (κ2) is 11.0. The Morgan fingerprint density at radius 1 is 1.02 bits per heavy atom. The molecular formula is C30H50N6O2Si2. The first-order valence-electron chi connectivity index (χ1n) is 15.1. The van der Waals surface area contributed by atoms with Gasteiger partial charge in [-0.1, -0.05) is 53.1 Å². The molecule has 40 heavy (non-hydrogen) atoms. The molecule has 0 amide bonds. The van der Waals surface area contributed by atoms with Crippen molar-refractivity contribution in [3.8, 4) is 11.5 Å². The molecule has 0 unspecified atom stereocenters. The third-order valence-electron chi connectivity index (χ3n) is 8.79. The van der Waals surface area contributed by atoms with Gasteiger partial charge >= 0.3 is 0 Å². The summed E-state index contributed by atoms with van der Waals surface area (Å²) in [5.74, 6) is 1.60. The summed E-state index contributed by atoms with van der Waals surface area (Å²) in [5.41, 5.74) is 7.89. The second-order valence-corrected chi connectivity index (χ2v) is 25.9. The summed E-state index contributed by atoms with van der Waals surface area (Å²) in [6.45, 7) is 21.4. The SMILES string of the molecule is CCc1nc2nc(-c3nn(COCC[Si](C)(C)C)c4c3C[C@@H]3C[C@]3(C)C4)n(COCC[Si](C)(C)C)c2cc1NC. The first-order valence-corrected chi connectivity index (χ1v) is 22.6. The molecule has 3 heterocycles. The van der Waals surface area contributed by atoms with E-state index in [1.54, 1.807) is 0 Å². The Hall–Kier alpha value is -2.02. The highest BCUT2D eigenvalue weighted by molar-refractivity contribution is 6.76. The highest BCUT2D eigenvalue weighted by Crippen LogP contribution is 2.60. The normalized spacial score (nSPS) is 20.6. The third-order valence-corrected chi connectivity index (χ3v) is 12.2. The molecule has 1 fully saturated rings. The summed E-state index contributed by atoms with van der Waals surface area (Å²) < 4.78 is 16.9. The van der Waals surface area contributed by atoms with Gasteiger partial charge in [-0.05, 0) is 55.2 Å². The fourth-order valence-electron chi connectivity index (χ4n) is 5.85. The van der Waals surface area contributed by atoms with Gasteiger partial charge in [-0.3, -0.25) is 4.57 Å². The highest BCUT2D eigenvalue weighted by Gasteiger charge is 2.54. The van der Waals surface area contributed by atoms with Gasteiger partial charge in [0.15, 0.2) is 11.5 Å². The van der Waals surface area contributed by atoms with Crippen molar-refractivity contribution in [2.24, 2.45) is 11.3 Å². The summed E-state index contributed by atoms with van der Waals surface area (Å²) in [6, 6.07) is 4.47. The van der Waals surface area contributed by atoms with E-state index in [4.69, 9.17) is 24.5 Å². The van der Waals surface area contributed by atoms with Crippen LogP contribution >= 0.6 is 0 Å². The zero-order valence-corrected chi connectivity index (χ0v) is 28.3. The van der Waals surface area contributed by atoms with Crippen molar-refractivity contribution in [1.82, 2.24) is 24.3 Å². The summed E-state index contributed by atoms with van der Waals surface area (Å²) in [6.07, 6.45) is 4.26. The molecule has 1 saturated carbocycles. The van der Waals surface area contributed by atoms with Crippen LogP contribution in [0.1, 0.15) is 37.2 Å². The van der Waals surface area contributed by atoms with Gasteiger partial charge in [-0.25, -0.2) is 14.6 Å². The van der Waals surface area contributed by atoms with E-state index in [1.165, 1.54) is 17.7 Å². The van der Waals surface area contributed by atoms with Crippen LogP contribution < -0.4 is 5.32 Å². The number of fused-ring (bicyclic) bond motifs is 3. The fraction of sp³-hybridized carbons (Fsp3) is 0.700. The van der Waals surface area contributed by atoms with Crippen LogP contribution in [0.2, 0.25) is 51.4 Å². The molecule has 0 aliphatic heterocycles. The van der Waals surface area contributed by atoms with Gasteiger partial charge in [0.25, 0.3) is 0 Å². The summed E-state index contributed by atoms with van der Waals surface area (Å²) >= 11 is 0. The lowest BCUT2D eigenvalue weighted by Gasteiger charge is -2.20. The Morgan fingerprint density at radius 2 is 1.70 bits per heavy atom. The predicted molar refractivity (Wildman–Crippen MR) is 170 cm³/mol. The minimum atomic E-state index is -1.19. The average Bonchev–Trinajstić information content (AvgIpc) is 3.24. The number of imidazole rings is 1. The number of aromatic nitrogens is 5. The number of anilines is 1. The monoisotopic (exact) mass is 582 g/mol. The number of pyridine rings is 1. The van der Waals surface area contributed by atoms with E-state index in [1.807, 2.05) is 7.05 Å². The van der Waals surface area contributed by atoms with Crippen LogP contribution in [0.15, 0.2) is 6.07 Å². The lowest BCUT2D eigenvalue weighted by molar-refractivity contribution is 0.0756. The van der Waals surface area contributed by atoms with E-state index in [-0.39, 0.29) is 0 Å². The smallest absolute Gasteiger partial charge is 0.178 e. The Balaban J connectivity index is 1.54. The molecule has 3 aromatic heterocycles. The Kier molecular flexibility index (Phi) is 8.10. The lowest BCUT2D eigenvalue weighted by Crippen LogP contribution is -2.23. The van der Waals surface area contributed by atoms with E-state index in [0.29, 0.717) is 18.9 Å². The van der Waals surface area contributed by atoms with E-state index in [2.05, 4.69) is 73.8 Å². The van der Waals surface area contributed by atoms with E-state index in [0.717, 1.165) is 84.5 Å².